The van der Waals surface area contributed by atoms with E-state index in [0.29, 0.717) is 17.9 Å². The second kappa shape index (κ2) is 4.34. The van der Waals surface area contributed by atoms with Crippen LogP contribution >= 0.6 is 0 Å². The van der Waals surface area contributed by atoms with Crippen molar-refractivity contribution >= 4 is 5.82 Å². The normalized spacial score (nSPS) is 27.7. The zero-order chi connectivity index (χ0) is 12.8. The predicted octanol–water partition coefficient (Wildman–Crippen LogP) is 1.23. The van der Waals surface area contributed by atoms with Crippen LogP contribution in [0.3, 0.4) is 0 Å². The Balaban J connectivity index is 1.47. The van der Waals surface area contributed by atoms with Crippen molar-refractivity contribution in [3.8, 4) is 0 Å². The molecule has 0 amide bonds. The van der Waals surface area contributed by atoms with Crippen LogP contribution in [0.25, 0.3) is 0 Å². The number of nitrogens with one attached hydrogen (secondary N) is 1. The summed E-state index contributed by atoms with van der Waals surface area (Å²) >= 11 is 0. The van der Waals surface area contributed by atoms with Crippen molar-refractivity contribution in [3.63, 3.8) is 0 Å². The lowest BCUT2D eigenvalue weighted by Gasteiger charge is -2.16. The highest BCUT2D eigenvalue weighted by Crippen LogP contribution is 2.33. The highest BCUT2D eigenvalue weighted by atomic mass is 16.1. The molecule has 1 aliphatic heterocycles. The minimum Gasteiger partial charge on any atom is -0.361 e. The van der Waals surface area contributed by atoms with Crippen molar-refractivity contribution in [2.45, 2.75) is 50.2 Å². The number of rotatable bonds is 4. The Bertz CT molecular complexity index is 532. The van der Waals surface area contributed by atoms with Gasteiger partial charge < -0.3 is 9.88 Å². The van der Waals surface area contributed by atoms with Crippen LogP contribution in [0.5, 0.6) is 0 Å². The molecule has 5 heteroatoms. The van der Waals surface area contributed by atoms with Crippen LogP contribution in [0.2, 0.25) is 0 Å². The molecule has 2 heterocycles. The Morgan fingerprint density at radius 3 is 2.68 bits per heavy atom. The molecule has 1 unspecified atom stereocenters. The second-order valence-corrected chi connectivity index (χ2v) is 6.08. The molecule has 3 aliphatic rings. The van der Waals surface area contributed by atoms with Crippen LogP contribution < -0.4 is 10.9 Å². The highest BCUT2D eigenvalue weighted by Gasteiger charge is 2.34. The number of nitrogens with zero attached hydrogens (tertiary/aromatic N) is 3. The molecule has 3 fully saturated rings. The summed E-state index contributed by atoms with van der Waals surface area (Å²) in [6, 6.07) is 1.62. The molecule has 2 aliphatic carbocycles. The fraction of sp³-hybridized carbons (Fsp3) is 0.714. The van der Waals surface area contributed by atoms with Crippen LogP contribution in [-0.2, 0) is 0 Å². The van der Waals surface area contributed by atoms with E-state index in [1.54, 1.807) is 6.20 Å². The fourth-order valence-electron chi connectivity index (χ4n) is 3.03. The Morgan fingerprint density at radius 2 is 1.95 bits per heavy atom. The third-order valence-electron chi connectivity index (χ3n) is 4.43. The van der Waals surface area contributed by atoms with Gasteiger partial charge in [-0.25, -0.2) is 4.98 Å². The smallest absolute Gasteiger partial charge is 0.293 e. The maximum absolute atomic E-state index is 12.3. The number of anilines is 1. The van der Waals surface area contributed by atoms with Crippen molar-refractivity contribution in [1.29, 1.82) is 0 Å². The van der Waals surface area contributed by atoms with E-state index < -0.39 is 0 Å². The van der Waals surface area contributed by atoms with Crippen LogP contribution in [0.15, 0.2) is 17.2 Å². The molecule has 19 heavy (non-hydrogen) atoms. The molecule has 102 valence electrons. The molecule has 1 aromatic rings. The highest BCUT2D eigenvalue weighted by molar-refractivity contribution is 5.33. The van der Waals surface area contributed by atoms with Crippen molar-refractivity contribution in [2.75, 3.05) is 18.4 Å². The largest absolute Gasteiger partial charge is 0.361 e. The molecular weight excluding hydrogens is 240 g/mol. The van der Waals surface area contributed by atoms with E-state index in [2.05, 4.69) is 15.2 Å². The number of aromatic nitrogens is 2. The van der Waals surface area contributed by atoms with E-state index in [1.807, 2.05) is 10.8 Å². The lowest BCUT2D eigenvalue weighted by atomic mass is 10.2. The van der Waals surface area contributed by atoms with Crippen LogP contribution in [-0.4, -0.2) is 39.6 Å². The first kappa shape index (κ1) is 11.5. The van der Waals surface area contributed by atoms with Gasteiger partial charge in [0.2, 0.25) is 0 Å². The van der Waals surface area contributed by atoms with Gasteiger partial charge in [-0.3, -0.25) is 9.69 Å². The lowest BCUT2D eigenvalue weighted by molar-refractivity contribution is 0.326. The lowest BCUT2D eigenvalue weighted by Crippen LogP contribution is -2.31. The van der Waals surface area contributed by atoms with Gasteiger partial charge in [0.05, 0.1) is 0 Å². The van der Waals surface area contributed by atoms with E-state index >= 15 is 0 Å². The zero-order valence-electron chi connectivity index (χ0n) is 11.1. The quantitative estimate of drug-likeness (QED) is 0.884. The molecule has 1 atom stereocenters. The molecule has 1 N–H and O–H groups in total. The first-order valence-electron chi connectivity index (χ1n) is 7.39. The van der Waals surface area contributed by atoms with E-state index in [4.69, 9.17) is 0 Å². The van der Waals surface area contributed by atoms with Gasteiger partial charge >= 0.3 is 0 Å². The van der Waals surface area contributed by atoms with Crippen LogP contribution in [0, 0.1) is 0 Å². The maximum atomic E-state index is 12.3. The number of hydrogen-bond donors (Lipinski definition) is 1. The monoisotopic (exact) mass is 260 g/mol. The van der Waals surface area contributed by atoms with Gasteiger partial charge in [0.15, 0.2) is 5.82 Å². The van der Waals surface area contributed by atoms with Gasteiger partial charge in [-0.1, -0.05) is 0 Å². The van der Waals surface area contributed by atoms with Crippen molar-refractivity contribution in [3.05, 3.63) is 22.7 Å². The van der Waals surface area contributed by atoms with Crippen molar-refractivity contribution in [1.82, 2.24) is 14.5 Å². The molecule has 5 nitrogen and oxygen atoms in total. The predicted molar refractivity (Wildman–Crippen MR) is 73.4 cm³/mol. The molecule has 2 saturated carbocycles. The van der Waals surface area contributed by atoms with Gasteiger partial charge in [0, 0.05) is 43.6 Å². The van der Waals surface area contributed by atoms with Gasteiger partial charge in [0.1, 0.15) is 0 Å². The Kier molecular flexibility index (Phi) is 2.62. The molecule has 4 rings (SSSR count). The summed E-state index contributed by atoms with van der Waals surface area (Å²) in [6.07, 6.45) is 9.64. The first-order valence-corrected chi connectivity index (χ1v) is 7.39. The molecule has 0 bridgehead atoms. The van der Waals surface area contributed by atoms with Gasteiger partial charge in [-0.05, 0) is 32.1 Å². The minimum absolute atomic E-state index is 0.0508. The maximum Gasteiger partial charge on any atom is 0.293 e. The third-order valence-corrected chi connectivity index (χ3v) is 4.43. The molecule has 1 aromatic heterocycles. The third kappa shape index (κ3) is 2.27. The Labute approximate surface area is 112 Å². The van der Waals surface area contributed by atoms with E-state index in [9.17, 15) is 4.79 Å². The first-order chi connectivity index (χ1) is 9.31. The van der Waals surface area contributed by atoms with E-state index in [1.165, 1.54) is 12.8 Å². The molecule has 1 saturated heterocycles. The van der Waals surface area contributed by atoms with Gasteiger partial charge in [-0.15, -0.1) is 0 Å². The standard InChI is InChI=1S/C14H20N4O/c19-14-13(15-6-8-18(14)12-3-4-12)16-10-5-7-17(9-10)11-1-2-11/h6,8,10-12H,1-5,7,9H2,(H,15,16). The second-order valence-electron chi connectivity index (χ2n) is 6.08. The van der Waals surface area contributed by atoms with Crippen molar-refractivity contribution < 1.29 is 0 Å². The summed E-state index contributed by atoms with van der Waals surface area (Å²) in [5, 5.41) is 3.36. The van der Waals surface area contributed by atoms with E-state index in [0.717, 1.165) is 38.4 Å². The molecular formula is C14H20N4O. The Morgan fingerprint density at radius 1 is 1.16 bits per heavy atom. The summed E-state index contributed by atoms with van der Waals surface area (Å²) in [6.45, 7) is 2.22. The summed E-state index contributed by atoms with van der Waals surface area (Å²) in [5.74, 6) is 0.539. The SMILES string of the molecule is O=c1c(NC2CCN(C3CC3)C2)nccn1C1CC1. The molecule has 0 aromatic carbocycles. The summed E-state index contributed by atoms with van der Waals surface area (Å²) in [7, 11) is 0. The summed E-state index contributed by atoms with van der Waals surface area (Å²) in [5.41, 5.74) is 0.0508. The topological polar surface area (TPSA) is 50.2 Å². The number of likely N-dealkylation sites (tertiary alicyclic amines) is 1. The van der Waals surface area contributed by atoms with Crippen molar-refractivity contribution in [2.24, 2.45) is 0 Å². The van der Waals surface area contributed by atoms with Gasteiger partial charge in [-0.2, -0.15) is 0 Å². The summed E-state index contributed by atoms with van der Waals surface area (Å²) in [4.78, 5) is 19.1. The van der Waals surface area contributed by atoms with Gasteiger partial charge in [0.25, 0.3) is 5.56 Å². The molecule has 0 spiro atoms. The van der Waals surface area contributed by atoms with E-state index in [-0.39, 0.29) is 5.56 Å². The van der Waals surface area contributed by atoms with Crippen LogP contribution in [0.1, 0.15) is 38.1 Å². The summed E-state index contributed by atoms with van der Waals surface area (Å²) < 4.78 is 1.84. The average molecular weight is 260 g/mol. The fourth-order valence-corrected chi connectivity index (χ4v) is 3.03. The number of hydrogen-bond acceptors (Lipinski definition) is 4. The Hall–Kier alpha value is -1.36. The van der Waals surface area contributed by atoms with Crippen LogP contribution in [0.4, 0.5) is 5.82 Å². The molecule has 0 radical (unpaired) electrons. The average Bonchev–Trinajstić information content (AvgIpc) is 3.31. The minimum atomic E-state index is 0.0508. The zero-order valence-corrected chi connectivity index (χ0v) is 11.1.